The van der Waals surface area contributed by atoms with Crippen LogP contribution in [0.25, 0.3) is 83.9 Å². The van der Waals surface area contributed by atoms with E-state index in [1.165, 1.54) is 12.1 Å². The van der Waals surface area contributed by atoms with Crippen molar-refractivity contribution >= 4 is 21.8 Å². The summed E-state index contributed by atoms with van der Waals surface area (Å²) in [5, 5.41) is 0.379. The first-order valence-corrected chi connectivity index (χ1v) is 16.0. The van der Waals surface area contributed by atoms with Gasteiger partial charge in [0.2, 0.25) is 0 Å². The van der Waals surface area contributed by atoms with Gasteiger partial charge >= 0.3 is 0 Å². The van der Waals surface area contributed by atoms with Crippen molar-refractivity contribution in [2.24, 2.45) is 0 Å². The molecule has 4 nitrogen and oxygen atoms in total. The molecular weight excluding hydrogens is 597 g/mol. The fraction of sp³-hybridized carbons (Fsp3) is 0. The minimum absolute atomic E-state index is 0.0351. The molecule has 0 N–H and O–H groups in total. The lowest BCUT2D eigenvalue weighted by molar-refractivity contribution is 1.07. The second-order valence-electron chi connectivity index (χ2n) is 11.6. The number of hydrogen-bond donors (Lipinski definition) is 0. The topological polar surface area (TPSA) is 43.6 Å². The second kappa shape index (κ2) is 12.2. The summed E-state index contributed by atoms with van der Waals surface area (Å²) in [6.45, 7) is 0. The van der Waals surface area contributed by atoms with Crippen molar-refractivity contribution in [1.82, 2.24) is 19.5 Å². The van der Waals surface area contributed by atoms with Gasteiger partial charge in [0, 0.05) is 33.2 Å². The molecule has 9 aromatic rings. The van der Waals surface area contributed by atoms with Gasteiger partial charge in [-0.3, -0.25) is 0 Å². The normalized spacial score (nSPS) is 13.0. The van der Waals surface area contributed by atoms with Crippen molar-refractivity contribution in [2.45, 2.75) is 0 Å². The van der Waals surface area contributed by atoms with E-state index in [9.17, 15) is 0 Å². The molecule has 0 unspecified atom stereocenters. The fourth-order valence-corrected chi connectivity index (χ4v) is 6.34. The lowest BCUT2D eigenvalue weighted by Gasteiger charge is -2.16. The molecule has 0 aliphatic carbocycles. The van der Waals surface area contributed by atoms with Gasteiger partial charge < -0.3 is 4.57 Å². The molecule has 0 atom stereocenters. The highest BCUT2D eigenvalue weighted by molar-refractivity contribution is 6.09. The van der Waals surface area contributed by atoms with Gasteiger partial charge in [-0.05, 0) is 52.5 Å². The van der Waals surface area contributed by atoms with Gasteiger partial charge in [-0.2, -0.15) is 0 Å². The van der Waals surface area contributed by atoms with Crippen molar-refractivity contribution in [3.8, 4) is 62.1 Å². The molecule has 49 heavy (non-hydrogen) atoms. The molecule has 2 heterocycles. The molecule has 0 saturated heterocycles. The zero-order chi connectivity index (χ0) is 37.8. The van der Waals surface area contributed by atoms with Gasteiger partial charge in [0.15, 0.2) is 17.5 Å². The van der Waals surface area contributed by atoms with Crippen molar-refractivity contribution in [1.29, 1.82) is 0 Å². The van der Waals surface area contributed by atoms with E-state index in [2.05, 4.69) is 18.2 Å². The average Bonchev–Trinajstić information content (AvgIpc) is 3.61. The summed E-state index contributed by atoms with van der Waals surface area (Å²) in [5.74, 6) is 1.38. The number of nitrogens with zero attached hydrogens (tertiary/aromatic N) is 4. The number of benzene rings is 7. The first-order chi connectivity index (χ1) is 26.8. The van der Waals surface area contributed by atoms with Gasteiger partial charge in [0.1, 0.15) is 0 Å². The van der Waals surface area contributed by atoms with Crippen molar-refractivity contribution in [3.05, 3.63) is 182 Å². The van der Waals surface area contributed by atoms with E-state index >= 15 is 0 Å². The number of hydrogen-bond acceptors (Lipinski definition) is 3. The molecule has 0 saturated carbocycles. The Hall–Kier alpha value is -6.65. The average molecular weight is 633 g/mol. The largest absolute Gasteiger partial charge is 0.309 e. The molecule has 7 aromatic carbocycles. The summed E-state index contributed by atoms with van der Waals surface area (Å²) in [5.41, 5.74) is 7.07. The molecular formula is C45H30N4. The van der Waals surface area contributed by atoms with Gasteiger partial charge in [-0.15, -0.1) is 0 Å². The molecule has 0 aliphatic rings. The summed E-state index contributed by atoms with van der Waals surface area (Å²) >= 11 is 0. The summed E-state index contributed by atoms with van der Waals surface area (Å²) in [7, 11) is 0. The van der Waals surface area contributed by atoms with E-state index in [0.717, 1.165) is 33.4 Å². The summed E-state index contributed by atoms with van der Waals surface area (Å²) in [6, 6.07) is 45.4. The summed E-state index contributed by atoms with van der Waals surface area (Å²) < 4.78 is 54.9. The van der Waals surface area contributed by atoms with Crippen LogP contribution < -0.4 is 0 Å². The standard InChI is InChI=1S/C45H30N4/c1-4-16-31(17-5-1)37-22-10-11-23-38(37)34-28-35(30-36(29-34)49-41-26-14-12-24-39(41)40-25-13-15-27-42(40)49)45-47-43(32-18-6-2-7-19-32)46-44(48-45)33-20-8-3-9-21-33/h1-30H/i12D,13D,24D,25D,26D,27D. The third-order valence-electron chi connectivity index (χ3n) is 8.58. The van der Waals surface area contributed by atoms with Crippen LogP contribution in [-0.2, 0) is 0 Å². The van der Waals surface area contributed by atoms with Crippen LogP contribution in [0.15, 0.2) is 182 Å². The Labute approximate surface area is 293 Å². The Kier molecular flexibility index (Phi) is 5.67. The number of aromatic nitrogens is 4. The van der Waals surface area contributed by atoms with Crippen LogP contribution in [0, 0.1) is 0 Å². The molecule has 0 amide bonds. The first-order valence-electron chi connectivity index (χ1n) is 19.0. The summed E-state index contributed by atoms with van der Waals surface area (Å²) in [6.07, 6.45) is 0. The second-order valence-corrected chi connectivity index (χ2v) is 11.6. The van der Waals surface area contributed by atoms with Crippen LogP contribution in [-0.4, -0.2) is 19.5 Å². The highest BCUT2D eigenvalue weighted by Crippen LogP contribution is 2.38. The smallest absolute Gasteiger partial charge is 0.164 e. The van der Waals surface area contributed by atoms with Gasteiger partial charge in [-0.1, -0.05) is 152 Å². The molecule has 0 radical (unpaired) electrons. The zero-order valence-corrected chi connectivity index (χ0v) is 26.1. The SMILES string of the molecule is [2H]c1cc([2H])c2c(c1[2H])c1c([2H])c([2H])cc([2H])c1n2-c1cc(-c2nc(-c3ccccc3)nc(-c3ccccc3)n2)cc(-c2ccccc2-c2ccccc2)c1. The van der Waals surface area contributed by atoms with Crippen molar-refractivity contribution in [3.63, 3.8) is 0 Å². The lowest BCUT2D eigenvalue weighted by Crippen LogP contribution is -2.02. The maximum atomic E-state index is 9.12. The number of fused-ring (bicyclic) bond motifs is 3. The molecule has 0 spiro atoms. The van der Waals surface area contributed by atoms with E-state index in [-0.39, 0.29) is 58.1 Å². The third kappa shape index (κ3) is 5.26. The Morgan fingerprint density at radius 1 is 0.388 bits per heavy atom. The number of para-hydroxylation sites is 2. The Bertz CT molecular complexity index is 2800. The molecule has 0 aliphatic heterocycles. The highest BCUT2D eigenvalue weighted by atomic mass is 15.0. The third-order valence-corrected chi connectivity index (χ3v) is 8.58. The van der Waals surface area contributed by atoms with Crippen molar-refractivity contribution in [2.75, 3.05) is 0 Å². The Morgan fingerprint density at radius 3 is 1.35 bits per heavy atom. The monoisotopic (exact) mass is 632 g/mol. The van der Waals surface area contributed by atoms with Gasteiger partial charge in [0.25, 0.3) is 0 Å². The van der Waals surface area contributed by atoms with Crippen LogP contribution in [0.3, 0.4) is 0 Å². The molecule has 0 fully saturated rings. The minimum Gasteiger partial charge on any atom is -0.309 e. The van der Waals surface area contributed by atoms with E-state index in [4.69, 9.17) is 23.2 Å². The highest BCUT2D eigenvalue weighted by Gasteiger charge is 2.18. The first kappa shape index (κ1) is 22.8. The minimum atomic E-state index is -0.170. The van der Waals surface area contributed by atoms with E-state index < -0.39 is 0 Å². The lowest BCUT2D eigenvalue weighted by atomic mass is 9.93. The van der Waals surface area contributed by atoms with Crippen LogP contribution in [0.4, 0.5) is 0 Å². The molecule has 0 bridgehead atoms. The molecule has 230 valence electrons. The maximum absolute atomic E-state index is 9.12. The molecule has 9 rings (SSSR count). The number of rotatable bonds is 6. The zero-order valence-electron chi connectivity index (χ0n) is 32.1. The quantitative estimate of drug-likeness (QED) is 0.183. The van der Waals surface area contributed by atoms with Crippen LogP contribution in [0.2, 0.25) is 0 Å². The Balaban J connectivity index is 1.41. The molecule has 2 aromatic heterocycles. The van der Waals surface area contributed by atoms with Gasteiger partial charge in [0.05, 0.1) is 19.3 Å². The van der Waals surface area contributed by atoms with Gasteiger partial charge in [-0.25, -0.2) is 15.0 Å². The van der Waals surface area contributed by atoms with E-state index in [1.54, 1.807) is 4.57 Å². The Morgan fingerprint density at radius 2 is 0.816 bits per heavy atom. The van der Waals surface area contributed by atoms with Crippen molar-refractivity contribution < 1.29 is 8.22 Å². The molecule has 4 heteroatoms. The fourth-order valence-electron chi connectivity index (χ4n) is 6.34. The van der Waals surface area contributed by atoms with E-state index in [0.29, 0.717) is 28.7 Å². The van der Waals surface area contributed by atoms with E-state index in [1.807, 2.05) is 115 Å². The van der Waals surface area contributed by atoms with Crippen LogP contribution >= 0.6 is 0 Å². The van der Waals surface area contributed by atoms with Crippen LogP contribution in [0.5, 0.6) is 0 Å². The maximum Gasteiger partial charge on any atom is 0.164 e. The summed E-state index contributed by atoms with van der Waals surface area (Å²) in [4.78, 5) is 15.0. The van der Waals surface area contributed by atoms with Crippen LogP contribution in [0.1, 0.15) is 8.22 Å². The predicted molar refractivity (Wildman–Crippen MR) is 201 cm³/mol. The predicted octanol–water partition coefficient (Wildman–Crippen LogP) is 11.3.